The Kier molecular flexibility index (Phi) is 5.68. The van der Waals surface area contributed by atoms with E-state index in [0.29, 0.717) is 18.0 Å². The highest BCUT2D eigenvalue weighted by Crippen LogP contribution is 2.37. The van der Waals surface area contributed by atoms with Crippen LogP contribution in [0.4, 0.5) is 10.5 Å². The van der Waals surface area contributed by atoms with Crippen molar-refractivity contribution in [1.29, 1.82) is 0 Å². The molecule has 1 saturated heterocycles. The van der Waals surface area contributed by atoms with Crippen LogP contribution in [0.5, 0.6) is 0 Å². The number of sulfonamides is 1. The first-order valence-corrected chi connectivity index (χ1v) is 12.6. The molecule has 2 aliphatic heterocycles. The van der Waals surface area contributed by atoms with Crippen LogP contribution in [0.15, 0.2) is 71.6 Å². The van der Waals surface area contributed by atoms with Gasteiger partial charge in [0.1, 0.15) is 6.61 Å². The van der Waals surface area contributed by atoms with E-state index in [9.17, 15) is 13.2 Å². The highest BCUT2D eigenvalue weighted by atomic mass is 32.2. The van der Waals surface area contributed by atoms with Gasteiger partial charge in [-0.2, -0.15) is 4.31 Å². The second-order valence-electron chi connectivity index (χ2n) is 8.61. The summed E-state index contributed by atoms with van der Waals surface area (Å²) >= 11 is 0. The number of aryl methyl sites for hydroxylation is 1. The molecule has 1 fully saturated rings. The number of rotatable bonds is 4. The van der Waals surface area contributed by atoms with Gasteiger partial charge in [-0.15, -0.1) is 0 Å². The maximum atomic E-state index is 13.6. The maximum absolute atomic E-state index is 13.6. The minimum atomic E-state index is -3.62. The van der Waals surface area contributed by atoms with Crippen LogP contribution < -0.4 is 5.32 Å². The van der Waals surface area contributed by atoms with Crippen molar-refractivity contribution in [2.24, 2.45) is 0 Å². The SMILES string of the molecule is Cc1cc2c(cc1C1CCN(S(=O)(=O)c3ccccc3-c3ccccc3)CC1)NC(=O)OC2. The fraction of sp³-hybridized carbons (Fsp3) is 0.269. The van der Waals surface area contributed by atoms with Crippen LogP contribution in [0.25, 0.3) is 11.1 Å². The van der Waals surface area contributed by atoms with Crippen molar-refractivity contribution in [2.75, 3.05) is 18.4 Å². The first-order chi connectivity index (χ1) is 15.9. The third-order valence-electron chi connectivity index (χ3n) is 6.57. The van der Waals surface area contributed by atoms with Crippen molar-refractivity contribution in [3.8, 4) is 11.1 Å². The molecule has 0 aliphatic carbocycles. The number of nitrogens with one attached hydrogen (secondary N) is 1. The lowest BCUT2D eigenvalue weighted by Gasteiger charge is -2.33. The average Bonchev–Trinajstić information content (AvgIpc) is 2.84. The molecule has 1 amide bonds. The monoisotopic (exact) mass is 462 g/mol. The second-order valence-corrected chi connectivity index (χ2v) is 10.5. The number of benzene rings is 3. The minimum absolute atomic E-state index is 0.242. The van der Waals surface area contributed by atoms with E-state index in [2.05, 4.69) is 18.3 Å². The van der Waals surface area contributed by atoms with E-state index in [1.165, 1.54) is 0 Å². The van der Waals surface area contributed by atoms with Gasteiger partial charge in [0.05, 0.1) is 10.6 Å². The Morgan fingerprint density at radius 1 is 0.970 bits per heavy atom. The highest BCUT2D eigenvalue weighted by Gasteiger charge is 2.32. The van der Waals surface area contributed by atoms with Crippen molar-refractivity contribution < 1.29 is 17.9 Å². The van der Waals surface area contributed by atoms with Crippen LogP contribution >= 0.6 is 0 Å². The lowest BCUT2D eigenvalue weighted by Crippen LogP contribution is -2.38. The van der Waals surface area contributed by atoms with Gasteiger partial charge in [-0.1, -0.05) is 54.6 Å². The standard InChI is InChI=1S/C26H26N2O4S/c1-18-15-21-17-32-26(29)27-24(21)16-23(18)20-11-13-28(14-12-20)33(30,31)25-10-6-5-9-22(25)19-7-3-2-4-8-19/h2-10,15-16,20H,11-14,17H2,1H3,(H,27,29). The Hall–Kier alpha value is -3.16. The molecule has 5 rings (SSSR count). The third-order valence-corrected chi connectivity index (χ3v) is 8.53. The number of ether oxygens (including phenoxy) is 1. The van der Waals surface area contributed by atoms with Crippen molar-refractivity contribution in [3.05, 3.63) is 83.4 Å². The van der Waals surface area contributed by atoms with E-state index < -0.39 is 16.1 Å². The van der Waals surface area contributed by atoms with E-state index in [1.807, 2.05) is 48.5 Å². The molecule has 0 atom stereocenters. The molecule has 6 nitrogen and oxygen atoms in total. The van der Waals surface area contributed by atoms with Gasteiger partial charge < -0.3 is 4.74 Å². The summed E-state index contributed by atoms with van der Waals surface area (Å²) in [5.41, 5.74) is 5.68. The Balaban J connectivity index is 1.37. The summed E-state index contributed by atoms with van der Waals surface area (Å²) < 4.78 is 33.8. The number of carbonyl (C=O) groups is 1. The molecule has 7 heteroatoms. The van der Waals surface area contributed by atoms with Crippen molar-refractivity contribution in [3.63, 3.8) is 0 Å². The smallest absolute Gasteiger partial charge is 0.411 e. The summed E-state index contributed by atoms with van der Waals surface area (Å²) in [5.74, 6) is 0.242. The largest absolute Gasteiger partial charge is 0.444 e. The van der Waals surface area contributed by atoms with Gasteiger partial charge >= 0.3 is 6.09 Å². The van der Waals surface area contributed by atoms with Gasteiger partial charge in [0, 0.05) is 24.2 Å². The Bertz CT molecular complexity index is 1300. The summed E-state index contributed by atoms with van der Waals surface area (Å²) in [5, 5.41) is 2.78. The minimum Gasteiger partial charge on any atom is -0.444 e. The van der Waals surface area contributed by atoms with E-state index >= 15 is 0 Å². The molecular weight excluding hydrogens is 436 g/mol. The van der Waals surface area contributed by atoms with Gasteiger partial charge in [0.25, 0.3) is 0 Å². The molecule has 1 N–H and O–H groups in total. The van der Waals surface area contributed by atoms with Crippen LogP contribution in [0.1, 0.15) is 35.4 Å². The summed E-state index contributed by atoms with van der Waals surface area (Å²) in [4.78, 5) is 12.0. The average molecular weight is 463 g/mol. The molecule has 0 aromatic heterocycles. The number of cyclic esters (lactones) is 1. The molecule has 170 valence electrons. The van der Waals surface area contributed by atoms with Gasteiger partial charge in [-0.05, 0) is 54.5 Å². The zero-order chi connectivity index (χ0) is 23.0. The van der Waals surface area contributed by atoms with Crippen LogP contribution in [0.2, 0.25) is 0 Å². The summed E-state index contributed by atoms with van der Waals surface area (Å²) in [7, 11) is -3.62. The number of hydrogen-bond acceptors (Lipinski definition) is 4. The molecule has 0 spiro atoms. The van der Waals surface area contributed by atoms with Crippen LogP contribution in [-0.2, 0) is 21.4 Å². The number of hydrogen-bond donors (Lipinski definition) is 1. The Labute approximate surface area is 194 Å². The highest BCUT2D eigenvalue weighted by molar-refractivity contribution is 7.89. The molecule has 0 radical (unpaired) electrons. The fourth-order valence-electron chi connectivity index (χ4n) is 4.84. The summed E-state index contributed by atoms with van der Waals surface area (Å²) in [6.07, 6.45) is 1.03. The third kappa shape index (κ3) is 4.14. The Morgan fingerprint density at radius 2 is 1.67 bits per heavy atom. The van der Waals surface area contributed by atoms with E-state index in [-0.39, 0.29) is 12.5 Å². The zero-order valence-electron chi connectivity index (χ0n) is 18.5. The molecule has 2 heterocycles. The van der Waals surface area contributed by atoms with Crippen LogP contribution in [0.3, 0.4) is 0 Å². The molecule has 0 unspecified atom stereocenters. The number of amides is 1. The fourth-order valence-corrected chi connectivity index (χ4v) is 6.53. The van der Waals surface area contributed by atoms with Gasteiger partial charge in [0.2, 0.25) is 10.0 Å². The van der Waals surface area contributed by atoms with Crippen LogP contribution in [0, 0.1) is 6.92 Å². The maximum Gasteiger partial charge on any atom is 0.411 e. The molecule has 3 aromatic carbocycles. The number of fused-ring (bicyclic) bond motifs is 1. The lowest BCUT2D eigenvalue weighted by atomic mass is 9.86. The van der Waals surface area contributed by atoms with Crippen molar-refractivity contribution >= 4 is 21.8 Å². The number of anilines is 1. The summed E-state index contributed by atoms with van der Waals surface area (Å²) in [6.45, 7) is 3.26. The van der Waals surface area contributed by atoms with E-state index in [4.69, 9.17) is 4.74 Å². The quantitative estimate of drug-likeness (QED) is 0.571. The first-order valence-electron chi connectivity index (χ1n) is 11.2. The van der Waals surface area contributed by atoms with Crippen molar-refractivity contribution in [1.82, 2.24) is 4.31 Å². The van der Waals surface area contributed by atoms with E-state index in [0.717, 1.165) is 46.3 Å². The number of nitrogens with zero attached hydrogens (tertiary/aromatic N) is 1. The Morgan fingerprint density at radius 3 is 2.42 bits per heavy atom. The molecule has 3 aromatic rings. The number of piperidine rings is 1. The van der Waals surface area contributed by atoms with Crippen molar-refractivity contribution in [2.45, 2.75) is 37.2 Å². The zero-order valence-corrected chi connectivity index (χ0v) is 19.3. The predicted molar refractivity (Wildman–Crippen MR) is 128 cm³/mol. The molecule has 0 bridgehead atoms. The summed E-state index contributed by atoms with van der Waals surface area (Å²) in [6, 6.07) is 20.9. The van der Waals surface area contributed by atoms with Gasteiger partial charge in [-0.3, -0.25) is 5.32 Å². The molecular formula is C26H26N2O4S. The molecule has 33 heavy (non-hydrogen) atoms. The van der Waals surface area contributed by atoms with Gasteiger partial charge in [0.15, 0.2) is 0 Å². The number of carbonyl (C=O) groups excluding carboxylic acids is 1. The second kappa shape index (κ2) is 8.65. The normalized spacial score (nSPS) is 17.2. The lowest BCUT2D eigenvalue weighted by molar-refractivity contribution is 0.151. The first kappa shape index (κ1) is 21.7. The van der Waals surface area contributed by atoms with Crippen LogP contribution in [-0.4, -0.2) is 31.9 Å². The predicted octanol–water partition coefficient (Wildman–Crippen LogP) is 5.29. The molecule has 2 aliphatic rings. The molecule has 0 saturated carbocycles. The van der Waals surface area contributed by atoms with Gasteiger partial charge in [-0.25, -0.2) is 13.2 Å². The topological polar surface area (TPSA) is 75.7 Å². The van der Waals surface area contributed by atoms with E-state index in [1.54, 1.807) is 16.4 Å².